The number of halogens is 2. The zero-order valence-electron chi connectivity index (χ0n) is 16.3. The fourth-order valence-corrected chi connectivity index (χ4v) is 2.56. The fraction of sp³-hybridized carbons (Fsp3) is 0.500. The molecule has 0 saturated heterocycles. The minimum Gasteiger partial charge on any atom is -0.380 e. The third kappa shape index (κ3) is 8.60. The Labute approximate surface area is 153 Å². The molecule has 1 atom stereocenters. The first-order valence-corrected chi connectivity index (χ1v) is 9.04. The van der Waals surface area contributed by atoms with Gasteiger partial charge in [-0.15, -0.1) is 9.24 Å². The van der Waals surface area contributed by atoms with Gasteiger partial charge in [0.15, 0.2) is 0 Å². The van der Waals surface area contributed by atoms with Gasteiger partial charge in [0, 0.05) is 37.1 Å². The molecule has 1 aromatic rings. The lowest BCUT2D eigenvalue weighted by Crippen LogP contribution is -2.17. The van der Waals surface area contributed by atoms with E-state index in [1.54, 1.807) is 7.11 Å². The van der Waals surface area contributed by atoms with Crippen molar-refractivity contribution in [3.05, 3.63) is 47.2 Å². The van der Waals surface area contributed by atoms with E-state index in [0.29, 0.717) is 12.3 Å². The van der Waals surface area contributed by atoms with Crippen molar-refractivity contribution in [2.45, 2.75) is 60.0 Å². The third-order valence-electron chi connectivity index (χ3n) is 3.69. The Bertz CT molecular complexity index is 567. The van der Waals surface area contributed by atoms with Gasteiger partial charge >= 0.3 is 0 Å². The van der Waals surface area contributed by atoms with Gasteiger partial charge in [0.1, 0.15) is 0 Å². The number of ether oxygens (including phenoxy) is 1. The molecular formula is C20H32F2NOP. The lowest BCUT2D eigenvalue weighted by atomic mass is 10.0. The number of allylic oxidation sites excluding steroid dienone is 1. The van der Waals surface area contributed by atoms with E-state index in [9.17, 15) is 8.78 Å². The largest absolute Gasteiger partial charge is 0.380 e. The van der Waals surface area contributed by atoms with Crippen LogP contribution in [0.4, 0.5) is 8.78 Å². The topological polar surface area (TPSA) is 21.3 Å². The molecule has 2 nitrogen and oxygen atoms in total. The maximum absolute atomic E-state index is 13.1. The molecule has 25 heavy (non-hydrogen) atoms. The van der Waals surface area contributed by atoms with Gasteiger partial charge in [0.2, 0.25) is 0 Å². The van der Waals surface area contributed by atoms with Crippen LogP contribution in [0.1, 0.15) is 57.2 Å². The van der Waals surface area contributed by atoms with Crippen LogP contribution in [-0.2, 0) is 11.3 Å². The molecular weight excluding hydrogens is 339 g/mol. The number of unbranched alkanes of at least 4 members (excludes halogenated alkanes) is 1. The van der Waals surface area contributed by atoms with Crippen molar-refractivity contribution in [3.8, 4) is 0 Å². The van der Waals surface area contributed by atoms with Crippen LogP contribution in [0.25, 0.3) is 5.70 Å². The highest BCUT2D eigenvalue weighted by atomic mass is 31.0. The van der Waals surface area contributed by atoms with Crippen molar-refractivity contribution in [1.82, 2.24) is 5.32 Å². The van der Waals surface area contributed by atoms with Gasteiger partial charge in [-0.1, -0.05) is 39.3 Å². The van der Waals surface area contributed by atoms with Crippen LogP contribution >= 0.6 is 9.24 Å². The highest BCUT2D eigenvalue weighted by Gasteiger charge is 2.23. The van der Waals surface area contributed by atoms with Crippen molar-refractivity contribution in [2.75, 3.05) is 7.11 Å². The quantitative estimate of drug-likeness (QED) is 0.633. The molecule has 0 amide bonds. The lowest BCUT2D eigenvalue weighted by molar-refractivity contribution is 0.0631. The molecule has 1 aromatic carbocycles. The van der Waals surface area contributed by atoms with E-state index in [4.69, 9.17) is 4.74 Å². The molecule has 0 aliphatic carbocycles. The van der Waals surface area contributed by atoms with E-state index in [0.717, 1.165) is 28.9 Å². The van der Waals surface area contributed by atoms with Crippen molar-refractivity contribution in [1.29, 1.82) is 0 Å². The van der Waals surface area contributed by atoms with Crippen LogP contribution in [0, 0.1) is 6.92 Å². The Balaban J connectivity index is 0.00000129. The van der Waals surface area contributed by atoms with E-state index in [-0.39, 0.29) is 5.57 Å². The van der Waals surface area contributed by atoms with Gasteiger partial charge in [-0.05, 0) is 36.3 Å². The second-order valence-corrected chi connectivity index (χ2v) is 6.77. The van der Waals surface area contributed by atoms with Crippen LogP contribution in [0.15, 0.2) is 30.5 Å². The van der Waals surface area contributed by atoms with Gasteiger partial charge in [0.25, 0.3) is 5.92 Å². The van der Waals surface area contributed by atoms with Crippen molar-refractivity contribution >= 4 is 20.2 Å². The highest BCUT2D eigenvalue weighted by molar-refractivity contribution is 7.27. The first-order valence-electron chi connectivity index (χ1n) is 8.47. The first-order chi connectivity index (χ1) is 11.6. The number of hydrogen-bond acceptors (Lipinski definition) is 2. The molecule has 1 N–H and O–H groups in total. The Hall–Kier alpha value is -1.25. The molecule has 0 aliphatic rings. The number of rotatable bonds is 7. The third-order valence-corrected chi connectivity index (χ3v) is 4.15. The van der Waals surface area contributed by atoms with Gasteiger partial charge in [-0.3, -0.25) is 0 Å². The van der Waals surface area contributed by atoms with Gasteiger partial charge < -0.3 is 10.1 Å². The molecule has 0 bridgehead atoms. The minimum atomic E-state index is -2.84. The summed E-state index contributed by atoms with van der Waals surface area (Å²) in [4.78, 5) is 0. The Kier molecular flexibility index (Phi) is 10.8. The predicted molar refractivity (Wildman–Crippen MR) is 108 cm³/mol. The maximum Gasteiger partial charge on any atom is 0.268 e. The van der Waals surface area contributed by atoms with E-state index >= 15 is 0 Å². The zero-order chi connectivity index (χ0) is 19.6. The molecule has 0 aromatic heterocycles. The number of methoxy groups -OCH3 is 1. The van der Waals surface area contributed by atoms with E-state index in [2.05, 4.69) is 35.0 Å². The van der Waals surface area contributed by atoms with Gasteiger partial charge in [-0.25, -0.2) is 8.78 Å². The average Bonchev–Trinajstić information content (AvgIpc) is 2.51. The van der Waals surface area contributed by atoms with Crippen molar-refractivity contribution in [3.63, 3.8) is 0 Å². The summed E-state index contributed by atoms with van der Waals surface area (Å²) in [6.45, 7) is 13.0. The Morgan fingerprint density at radius 2 is 1.88 bits per heavy atom. The Morgan fingerprint density at radius 3 is 2.28 bits per heavy atom. The van der Waals surface area contributed by atoms with E-state index in [1.165, 1.54) is 26.0 Å². The van der Waals surface area contributed by atoms with Crippen LogP contribution in [0.2, 0.25) is 0 Å². The van der Waals surface area contributed by atoms with Gasteiger partial charge in [0.05, 0.1) is 6.61 Å². The summed E-state index contributed by atoms with van der Waals surface area (Å²) in [5.41, 5.74) is 3.53. The first kappa shape index (κ1) is 23.8. The molecule has 0 aliphatic heterocycles. The summed E-state index contributed by atoms with van der Waals surface area (Å²) in [6.07, 6.45) is 3.94. The molecule has 1 rings (SSSR count). The molecule has 5 heteroatoms. The SMILES string of the molecule is C=C(N/C=C(\C)C(C)(F)F)c1c(C)cc(COC)cc1P.CCCC. The summed E-state index contributed by atoms with van der Waals surface area (Å²) in [6, 6.07) is 3.98. The fourth-order valence-electron chi connectivity index (χ4n) is 1.95. The smallest absolute Gasteiger partial charge is 0.268 e. The standard InChI is InChI=1S/C16H22F2NOP.C4H10/c1-10-6-13(9-20-5)7-14(21)15(10)12(3)19-8-11(2)16(4,17)18;1-3-4-2/h6-8,19H,3,9,21H2,1-2,4-5H3;3-4H2,1-2H3/b11-8+;. The summed E-state index contributed by atoms with van der Waals surface area (Å²) in [5.74, 6) is -2.84. The van der Waals surface area contributed by atoms with Crippen LogP contribution in [0.5, 0.6) is 0 Å². The second-order valence-electron chi connectivity index (χ2n) is 6.15. The molecule has 0 radical (unpaired) electrons. The van der Waals surface area contributed by atoms with Gasteiger partial charge in [-0.2, -0.15) is 0 Å². The molecule has 0 heterocycles. The summed E-state index contributed by atoms with van der Waals surface area (Å²) < 4.78 is 31.3. The number of hydrogen-bond donors (Lipinski definition) is 1. The number of alkyl halides is 2. The molecule has 0 fully saturated rings. The summed E-state index contributed by atoms with van der Waals surface area (Å²) in [7, 11) is 4.29. The molecule has 0 spiro atoms. The van der Waals surface area contributed by atoms with Crippen LogP contribution in [0.3, 0.4) is 0 Å². The number of benzene rings is 1. The normalized spacial score (nSPS) is 11.6. The zero-order valence-corrected chi connectivity index (χ0v) is 17.5. The minimum absolute atomic E-state index is 0.0392. The molecule has 1 unspecified atom stereocenters. The number of aryl methyl sites for hydroxylation is 1. The maximum atomic E-state index is 13.1. The number of nitrogens with one attached hydrogen (secondary N) is 1. The van der Waals surface area contributed by atoms with Crippen molar-refractivity contribution < 1.29 is 13.5 Å². The predicted octanol–water partition coefficient (Wildman–Crippen LogP) is 5.57. The van der Waals surface area contributed by atoms with Crippen LogP contribution < -0.4 is 10.6 Å². The summed E-state index contributed by atoms with van der Waals surface area (Å²) >= 11 is 0. The Morgan fingerprint density at radius 1 is 1.32 bits per heavy atom. The lowest BCUT2D eigenvalue weighted by Gasteiger charge is -2.16. The van der Waals surface area contributed by atoms with E-state index in [1.807, 2.05) is 19.1 Å². The summed E-state index contributed by atoms with van der Waals surface area (Å²) in [5, 5.41) is 3.81. The highest BCUT2D eigenvalue weighted by Crippen LogP contribution is 2.23. The monoisotopic (exact) mass is 371 g/mol. The second kappa shape index (κ2) is 11.4. The van der Waals surface area contributed by atoms with Crippen molar-refractivity contribution in [2.24, 2.45) is 0 Å². The average molecular weight is 371 g/mol. The van der Waals surface area contributed by atoms with E-state index < -0.39 is 5.92 Å². The molecule has 0 saturated carbocycles. The molecule has 142 valence electrons. The van der Waals surface area contributed by atoms with Crippen LogP contribution in [-0.4, -0.2) is 13.0 Å².